The van der Waals surface area contributed by atoms with Gasteiger partial charge in [0.2, 0.25) is 5.95 Å². The maximum Gasteiger partial charge on any atom is 0.270 e. The largest absolute Gasteiger partial charge is 0.496 e. The predicted molar refractivity (Wildman–Crippen MR) is 84.9 cm³/mol. The van der Waals surface area contributed by atoms with Crippen LogP contribution in [0.3, 0.4) is 0 Å². The number of benzene rings is 1. The van der Waals surface area contributed by atoms with Crippen LogP contribution in [0.1, 0.15) is 16.1 Å². The van der Waals surface area contributed by atoms with Crippen LogP contribution in [-0.4, -0.2) is 29.5 Å². The van der Waals surface area contributed by atoms with E-state index in [-0.39, 0.29) is 5.91 Å². The minimum Gasteiger partial charge on any atom is -0.496 e. The Bertz CT molecular complexity index is 658. The van der Waals surface area contributed by atoms with Crippen LogP contribution >= 0.6 is 0 Å². The quantitative estimate of drug-likeness (QED) is 0.765. The van der Waals surface area contributed by atoms with Crippen molar-refractivity contribution in [3.05, 3.63) is 60.4 Å². The first-order chi connectivity index (χ1) is 10.7. The van der Waals surface area contributed by atoms with Crippen molar-refractivity contribution < 1.29 is 9.53 Å². The summed E-state index contributed by atoms with van der Waals surface area (Å²) in [5, 5.41) is 5.76. The molecule has 0 aliphatic heterocycles. The number of hydrogen-bond donors (Lipinski definition) is 2. The van der Waals surface area contributed by atoms with Crippen molar-refractivity contribution >= 4 is 11.9 Å². The fourth-order valence-corrected chi connectivity index (χ4v) is 1.85. The van der Waals surface area contributed by atoms with E-state index in [9.17, 15) is 4.79 Å². The molecule has 2 rings (SSSR count). The van der Waals surface area contributed by atoms with Gasteiger partial charge in [-0.3, -0.25) is 4.79 Å². The lowest BCUT2D eigenvalue weighted by molar-refractivity contribution is 0.0945. The number of aromatic nitrogens is 2. The van der Waals surface area contributed by atoms with Gasteiger partial charge in [0.1, 0.15) is 11.4 Å². The van der Waals surface area contributed by atoms with E-state index in [0.717, 1.165) is 11.3 Å². The molecule has 6 nitrogen and oxygen atoms in total. The standard InChI is InChI=1S/C16H18N4O2/c1-3-9-17-16-18-10-8-13(20-16)15(21)19-11-12-6-4-5-7-14(12)22-2/h3-8,10H,1,9,11H2,2H3,(H,19,21)(H,17,18,20). The first-order valence-corrected chi connectivity index (χ1v) is 6.82. The van der Waals surface area contributed by atoms with E-state index in [4.69, 9.17) is 4.74 Å². The highest BCUT2D eigenvalue weighted by Gasteiger charge is 2.09. The molecular formula is C16H18N4O2. The van der Waals surface area contributed by atoms with Crippen LogP contribution in [0.5, 0.6) is 5.75 Å². The van der Waals surface area contributed by atoms with E-state index in [1.165, 1.54) is 6.20 Å². The monoisotopic (exact) mass is 298 g/mol. The minimum atomic E-state index is -0.269. The fourth-order valence-electron chi connectivity index (χ4n) is 1.85. The van der Waals surface area contributed by atoms with E-state index in [1.807, 2.05) is 24.3 Å². The molecule has 0 fully saturated rings. The number of para-hydroxylation sites is 1. The molecule has 0 radical (unpaired) electrons. The molecule has 22 heavy (non-hydrogen) atoms. The van der Waals surface area contributed by atoms with Crippen LogP contribution < -0.4 is 15.4 Å². The van der Waals surface area contributed by atoms with Crippen molar-refractivity contribution in [2.75, 3.05) is 19.0 Å². The maximum atomic E-state index is 12.2. The zero-order chi connectivity index (χ0) is 15.8. The number of anilines is 1. The molecule has 0 aliphatic carbocycles. The van der Waals surface area contributed by atoms with Crippen molar-refractivity contribution in [1.29, 1.82) is 0 Å². The van der Waals surface area contributed by atoms with Gasteiger partial charge in [-0.05, 0) is 12.1 Å². The normalized spacial score (nSPS) is 9.86. The van der Waals surface area contributed by atoms with E-state index >= 15 is 0 Å². The Morgan fingerprint density at radius 1 is 1.36 bits per heavy atom. The van der Waals surface area contributed by atoms with Gasteiger partial charge in [0.05, 0.1) is 7.11 Å². The summed E-state index contributed by atoms with van der Waals surface area (Å²) in [6.45, 7) is 4.50. The zero-order valence-electron chi connectivity index (χ0n) is 12.4. The van der Waals surface area contributed by atoms with Crippen molar-refractivity contribution in [2.45, 2.75) is 6.54 Å². The highest BCUT2D eigenvalue weighted by atomic mass is 16.5. The van der Waals surface area contributed by atoms with Gasteiger partial charge >= 0.3 is 0 Å². The zero-order valence-corrected chi connectivity index (χ0v) is 12.4. The molecule has 2 aromatic rings. The lowest BCUT2D eigenvalue weighted by Gasteiger charge is -2.09. The van der Waals surface area contributed by atoms with Gasteiger partial charge in [-0.15, -0.1) is 6.58 Å². The summed E-state index contributed by atoms with van der Waals surface area (Å²) < 4.78 is 5.25. The number of rotatable bonds is 7. The third-order valence-electron chi connectivity index (χ3n) is 2.92. The molecule has 0 spiro atoms. The molecule has 0 atom stereocenters. The van der Waals surface area contributed by atoms with Crippen LogP contribution in [0, 0.1) is 0 Å². The lowest BCUT2D eigenvalue weighted by Crippen LogP contribution is -2.24. The van der Waals surface area contributed by atoms with Gasteiger partial charge in [-0.1, -0.05) is 24.3 Å². The predicted octanol–water partition coefficient (Wildman–Crippen LogP) is 2.01. The molecule has 2 N–H and O–H groups in total. The number of ether oxygens (including phenoxy) is 1. The Morgan fingerprint density at radius 3 is 2.95 bits per heavy atom. The van der Waals surface area contributed by atoms with Crippen LogP contribution in [0.4, 0.5) is 5.95 Å². The Kier molecular flexibility index (Phi) is 5.48. The van der Waals surface area contributed by atoms with E-state index in [1.54, 1.807) is 19.3 Å². The first kappa shape index (κ1) is 15.5. The summed E-state index contributed by atoms with van der Waals surface area (Å²) >= 11 is 0. The molecule has 0 unspecified atom stereocenters. The highest BCUT2D eigenvalue weighted by molar-refractivity contribution is 5.92. The third-order valence-corrected chi connectivity index (χ3v) is 2.92. The van der Waals surface area contributed by atoms with E-state index < -0.39 is 0 Å². The van der Waals surface area contributed by atoms with Crippen LogP contribution in [0.2, 0.25) is 0 Å². The highest BCUT2D eigenvalue weighted by Crippen LogP contribution is 2.16. The van der Waals surface area contributed by atoms with Gasteiger partial charge in [0.15, 0.2) is 0 Å². The van der Waals surface area contributed by atoms with Crippen molar-refractivity contribution in [1.82, 2.24) is 15.3 Å². The van der Waals surface area contributed by atoms with E-state index in [0.29, 0.717) is 24.7 Å². The van der Waals surface area contributed by atoms with Gasteiger partial charge < -0.3 is 15.4 Å². The van der Waals surface area contributed by atoms with Crippen LogP contribution in [0.25, 0.3) is 0 Å². The number of nitrogens with one attached hydrogen (secondary N) is 2. The second-order valence-electron chi connectivity index (χ2n) is 4.43. The Morgan fingerprint density at radius 2 is 2.18 bits per heavy atom. The maximum absolute atomic E-state index is 12.2. The minimum absolute atomic E-state index is 0.269. The third kappa shape index (κ3) is 4.05. The Balaban J connectivity index is 2.01. The van der Waals surface area contributed by atoms with Crippen LogP contribution in [0.15, 0.2) is 49.2 Å². The van der Waals surface area contributed by atoms with Crippen molar-refractivity contribution in [3.8, 4) is 5.75 Å². The molecule has 1 aromatic carbocycles. The first-order valence-electron chi connectivity index (χ1n) is 6.82. The number of carbonyl (C=O) groups is 1. The van der Waals surface area contributed by atoms with Crippen LogP contribution in [-0.2, 0) is 6.54 Å². The average Bonchev–Trinajstić information content (AvgIpc) is 2.58. The summed E-state index contributed by atoms with van der Waals surface area (Å²) in [4.78, 5) is 20.3. The Labute approximate surface area is 129 Å². The summed E-state index contributed by atoms with van der Waals surface area (Å²) in [5.74, 6) is 0.860. The topological polar surface area (TPSA) is 76.1 Å². The number of nitrogens with zero attached hydrogens (tertiary/aromatic N) is 2. The molecule has 114 valence electrons. The number of hydrogen-bond acceptors (Lipinski definition) is 5. The molecule has 0 bridgehead atoms. The SMILES string of the molecule is C=CCNc1nccc(C(=O)NCc2ccccc2OC)n1. The van der Waals surface area contributed by atoms with Gasteiger partial charge in [0.25, 0.3) is 5.91 Å². The number of amides is 1. The lowest BCUT2D eigenvalue weighted by atomic mass is 10.2. The van der Waals surface area contributed by atoms with Gasteiger partial charge in [0, 0.05) is 24.8 Å². The number of methoxy groups -OCH3 is 1. The number of carbonyl (C=O) groups excluding carboxylic acids is 1. The van der Waals surface area contributed by atoms with Crippen molar-refractivity contribution in [2.24, 2.45) is 0 Å². The summed E-state index contributed by atoms with van der Waals surface area (Å²) in [7, 11) is 1.60. The molecule has 0 aliphatic rings. The van der Waals surface area contributed by atoms with E-state index in [2.05, 4.69) is 27.2 Å². The second kappa shape index (κ2) is 7.78. The average molecular weight is 298 g/mol. The van der Waals surface area contributed by atoms with Gasteiger partial charge in [-0.25, -0.2) is 9.97 Å². The summed E-state index contributed by atoms with van der Waals surface area (Å²) in [6.07, 6.45) is 3.23. The van der Waals surface area contributed by atoms with Crippen molar-refractivity contribution in [3.63, 3.8) is 0 Å². The molecule has 6 heteroatoms. The second-order valence-corrected chi connectivity index (χ2v) is 4.43. The molecule has 1 aromatic heterocycles. The summed E-state index contributed by atoms with van der Waals surface area (Å²) in [5.41, 5.74) is 1.20. The molecule has 0 saturated heterocycles. The van der Waals surface area contributed by atoms with Gasteiger partial charge in [-0.2, -0.15) is 0 Å². The Hall–Kier alpha value is -2.89. The molecule has 0 saturated carbocycles. The smallest absolute Gasteiger partial charge is 0.270 e. The molecule has 1 heterocycles. The fraction of sp³-hybridized carbons (Fsp3) is 0.188. The molecular weight excluding hydrogens is 280 g/mol. The molecule has 1 amide bonds. The summed E-state index contributed by atoms with van der Waals surface area (Å²) in [6, 6.07) is 9.09.